The Kier molecular flexibility index (Phi) is 5.23. The van der Waals surface area contributed by atoms with E-state index in [1.165, 1.54) is 8.99 Å². The van der Waals surface area contributed by atoms with Crippen LogP contribution in [-0.2, 0) is 16.6 Å². The lowest BCUT2D eigenvalue weighted by Crippen LogP contribution is -2.43. The fraction of sp³-hybridized carbons (Fsp3) is 0.786. The number of nitrogens with zero attached hydrogens (tertiary/aromatic N) is 3. The fourth-order valence-corrected chi connectivity index (χ4v) is 4.18. The molecule has 0 saturated carbocycles. The van der Waals surface area contributed by atoms with Crippen LogP contribution in [0.25, 0.3) is 0 Å². The van der Waals surface area contributed by atoms with Crippen LogP contribution in [0.5, 0.6) is 0 Å². The molecule has 1 rings (SSSR count). The van der Waals surface area contributed by atoms with Crippen molar-refractivity contribution in [2.45, 2.75) is 59.0 Å². The molecule has 0 aliphatic rings. The van der Waals surface area contributed by atoms with Gasteiger partial charge in [-0.05, 0) is 26.2 Å². The summed E-state index contributed by atoms with van der Waals surface area (Å²) < 4.78 is 28.7. The van der Waals surface area contributed by atoms with Crippen molar-refractivity contribution in [2.75, 3.05) is 13.7 Å². The monoisotopic (exact) mass is 317 g/mol. The van der Waals surface area contributed by atoms with E-state index in [2.05, 4.69) is 5.10 Å². The maximum Gasteiger partial charge on any atom is 0.246 e. The molecule has 0 aromatic carbocycles. The zero-order chi connectivity index (χ0) is 16.6. The zero-order valence-corrected chi connectivity index (χ0v) is 14.8. The average Bonchev–Trinajstić information content (AvgIpc) is 2.62. The molecule has 0 spiro atoms. The number of hydrogen-bond acceptors (Lipinski definition) is 4. The van der Waals surface area contributed by atoms with Crippen LogP contribution in [0.2, 0.25) is 0 Å². The molecular formula is C14H27N3O3S. The second kappa shape index (κ2) is 6.06. The first-order chi connectivity index (χ1) is 9.44. The molecular weight excluding hydrogens is 290 g/mol. The second-order valence-corrected chi connectivity index (χ2v) is 8.44. The van der Waals surface area contributed by atoms with Crippen LogP contribution in [0, 0.1) is 19.3 Å². The fourth-order valence-electron chi connectivity index (χ4n) is 2.26. The molecule has 0 bridgehead atoms. The standard InChI is InChI=1S/C14H27N3O3S/c1-10-13(11(2)17(15-10)8-9-18)21(19,20)16(7)12(3)14(4,5)6/h12,18H,8-9H2,1-7H3. The van der Waals surface area contributed by atoms with E-state index >= 15 is 0 Å². The first-order valence-electron chi connectivity index (χ1n) is 7.07. The molecule has 0 radical (unpaired) electrons. The molecule has 1 unspecified atom stereocenters. The van der Waals surface area contributed by atoms with Gasteiger partial charge in [-0.25, -0.2) is 8.42 Å². The number of sulfonamides is 1. The number of aryl methyl sites for hydroxylation is 1. The Labute approximate surface area is 127 Å². The lowest BCUT2D eigenvalue weighted by molar-refractivity contribution is 0.216. The third-order valence-corrected chi connectivity index (χ3v) is 6.24. The maximum absolute atomic E-state index is 12.9. The highest BCUT2D eigenvalue weighted by Gasteiger charge is 2.35. The smallest absolute Gasteiger partial charge is 0.246 e. The summed E-state index contributed by atoms with van der Waals surface area (Å²) in [5, 5.41) is 13.3. The molecule has 1 heterocycles. The van der Waals surface area contributed by atoms with E-state index in [1.807, 2.05) is 27.7 Å². The normalized spacial score (nSPS) is 14.7. The van der Waals surface area contributed by atoms with Crippen LogP contribution in [0.15, 0.2) is 4.90 Å². The highest BCUT2D eigenvalue weighted by molar-refractivity contribution is 7.89. The highest BCUT2D eigenvalue weighted by atomic mass is 32.2. The molecule has 0 saturated heterocycles. The number of aliphatic hydroxyl groups excluding tert-OH is 1. The van der Waals surface area contributed by atoms with Crippen LogP contribution in [0.3, 0.4) is 0 Å². The highest BCUT2D eigenvalue weighted by Crippen LogP contribution is 2.30. The Balaban J connectivity index is 3.32. The van der Waals surface area contributed by atoms with Crippen molar-refractivity contribution in [1.82, 2.24) is 14.1 Å². The summed E-state index contributed by atoms with van der Waals surface area (Å²) in [6.07, 6.45) is 0. The maximum atomic E-state index is 12.9. The minimum absolute atomic E-state index is 0.0737. The quantitative estimate of drug-likeness (QED) is 0.894. The lowest BCUT2D eigenvalue weighted by atomic mass is 9.88. The molecule has 1 aromatic rings. The van der Waals surface area contributed by atoms with E-state index in [9.17, 15) is 8.42 Å². The summed E-state index contributed by atoms with van der Waals surface area (Å²) >= 11 is 0. The molecule has 1 N–H and O–H groups in total. The molecule has 6 nitrogen and oxygen atoms in total. The Bertz CT molecular complexity index is 600. The van der Waals surface area contributed by atoms with Gasteiger partial charge >= 0.3 is 0 Å². The van der Waals surface area contributed by atoms with Crippen molar-refractivity contribution in [3.05, 3.63) is 11.4 Å². The molecule has 0 fully saturated rings. The van der Waals surface area contributed by atoms with Gasteiger partial charge in [0.1, 0.15) is 4.90 Å². The van der Waals surface area contributed by atoms with E-state index in [4.69, 9.17) is 5.11 Å². The summed E-state index contributed by atoms with van der Waals surface area (Å²) in [6, 6.07) is -0.150. The van der Waals surface area contributed by atoms with Gasteiger partial charge in [-0.3, -0.25) is 4.68 Å². The summed E-state index contributed by atoms with van der Waals surface area (Å²) in [5.41, 5.74) is 0.869. The van der Waals surface area contributed by atoms with E-state index in [0.717, 1.165) is 0 Å². The van der Waals surface area contributed by atoms with Crippen molar-refractivity contribution < 1.29 is 13.5 Å². The van der Waals surface area contributed by atoms with Crippen LogP contribution in [0.4, 0.5) is 0 Å². The number of aliphatic hydroxyl groups is 1. The molecule has 1 aromatic heterocycles. The molecule has 21 heavy (non-hydrogen) atoms. The third-order valence-electron chi connectivity index (χ3n) is 4.06. The Morgan fingerprint density at radius 3 is 2.29 bits per heavy atom. The SMILES string of the molecule is Cc1nn(CCO)c(C)c1S(=O)(=O)N(C)C(C)C(C)(C)C. The van der Waals surface area contributed by atoms with Gasteiger partial charge in [-0.2, -0.15) is 9.40 Å². The van der Waals surface area contributed by atoms with Gasteiger partial charge in [-0.15, -0.1) is 0 Å². The Morgan fingerprint density at radius 1 is 1.33 bits per heavy atom. The van der Waals surface area contributed by atoms with Crippen molar-refractivity contribution in [1.29, 1.82) is 0 Å². The van der Waals surface area contributed by atoms with Crippen molar-refractivity contribution in [3.8, 4) is 0 Å². The molecule has 1 atom stereocenters. The minimum Gasteiger partial charge on any atom is -0.394 e. The van der Waals surface area contributed by atoms with Crippen molar-refractivity contribution in [3.63, 3.8) is 0 Å². The average molecular weight is 317 g/mol. The van der Waals surface area contributed by atoms with Crippen LogP contribution in [-0.4, -0.2) is 47.3 Å². The Hall–Kier alpha value is -0.920. The topological polar surface area (TPSA) is 75.4 Å². The van der Waals surface area contributed by atoms with E-state index in [0.29, 0.717) is 17.9 Å². The molecule has 0 aliphatic heterocycles. The van der Waals surface area contributed by atoms with Gasteiger partial charge in [0, 0.05) is 13.1 Å². The second-order valence-electron chi connectivity index (χ2n) is 6.51. The number of hydrogen-bond donors (Lipinski definition) is 1. The van der Waals surface area contributed by atoms with Gasteiger partial charge in [0.25, 0.3) is 0 Å². The first-order valence-corrected chi connectivity index (χ1v) is 8.51. The molecule has 122 valence electrons. The Morgan fingerprint density at radius 2 is 1.86 bits per heavy atom. The lowest BCUT2D eigenvalue weighted by Gasteiger charge is -2.34. The summed E-state index contributed by atoms with van der Waals surface area (Å²) in [6.45, 7) is 11.6. The minimum atomic E-state index is -3.61. The van der Waals surface area contributed by atoms with Crippen molar-refractivity contribution >= 4 is 10.0 Å². The van der Waals surface area contributed by atoms with Crippen LogP contribution in [0.1, 0.15) is 39.1 Å². The number of aromatic nitrogens is 2. The van der Waals surface area contributed by atoms with E-state index in [1.54, 1.807) is 20.9 Å². The van der Waals surface area contributed by atoms with Crippen LogP contribution < -0.4 is 0 Å². The van der Waals surface area contributed by atoms with Crippen LogP contribution >= 0.6 is 0 Å². The summed E-state index contributed by atoms with van der Waals surface area (Å²) in [4.78, 5) is 0.245. The van der Waals surface area contributed by atoms with Gasteiger partial charge in [0.2, 0.25) is 10.0 Å². The van der Waals surface area contributed by atoms with E-state index < -0.39 is 10.0 Å². The van der Waals surface area contributed by atoms with Gasteiger partial charge < -0.3 is 5.11 Å². The van der Waals surface area contributed by atoms with Gasteiger partial charge in [0.05, 0.1) is 24.5 Å². The first kappa shape index (κ1) is 18.1. The molecule has 0 amide bonds. The molecule has 0 aliphatic carbocycles. The largest absolute Gasteiger partial charge is 0.394 e. The summed E-state index contributed by atoms with van der Waals surface area (Å²) in [5.74, 6) is 0. The predicted molar refractivity (Wildman–Crippen MR) is 82.7 cm³/mol. The van der Waals surface area contributed by atoms with E-state index in [-0.39, 0.29) is 23.0 Å². The predicted octanol–water partition coefficient (Wildman–Crippen LogP) is 1.55. The number of rotatable bonds is 5. The van der Waals surface area contributed by atoms with Gasteiger partial charge in [-0.1, -0.05) is 20.8 Å². The van der Waals surface area contributed by atoms with Crippen molar-refractivity contribution in [2.24, 2.45) is 5.41 Å². The summed E-state index contributed by atoms with van der Waals surface area (Å²) in [7, 11) is -2.01. The third kappa shape index (κ3) is 3.46. The molecule has 7 heteroatoms. The van der Waals surface area contributed by atoms with Gasteiger partial charge in [0.15, 0.2) is 0 Å². The zero-order valence-electron chi connectivity index (χ0n) is 14.0.